The van der Waals surface area contributed by atoms with Gasteiger partial charge < -0.3 is 0 Å². The Labute approximate surface area is 104 Å². The van der Waals surface area contributed by atoms with Gasteiger partial charge in [-0.3, -0.25) is 4.99 Å². The van der Waals surface area contributed by atoms with Crippen LogP contribution in [0.2, 0.25) is 0 Å². The fraction of sp³-hybridized carbons (Fsp3) is 0.929. The number of rotatable bonds is 0. The Hall–Kier alpha value is 0.0200. The highest BCUT2D eigenvalue weighted by atomic mass is 32.2. The van der Waals surface area contributed by atoms with E-state index in [-0.39, 0.29) is 5.41 Å². The number of nitrogens with zero attached hydrogens (tertiary/aromatic N) is 1. The molecule has 1 heterocycles. The third-order valence-electron chi connectivity index (χ3n) is 3.61. The van der Waals surface area contributed by atoms with Crippen LogP contribution in [0.5, 0.6) is 0 Å². The molecule has 1 saturated carbocycles. The lowest BCUT2D eigenvalue weighted by atomic mass is 9.98. The van der Waals surface area contributed by atoms with Gasteiger partial charge >= 0.3 is 0 Å². The summed E-state index contributed by atoms with van der Waals surface area (Å²) >= 11 is 2.08. The second-order valence-electron chi connectivity index (χ2n) is 6.25. The molecular formula is C14H25NS. The minimum Gasteiger partial charge on any atom is -0.278 e. The van der Waals surface area contributed by atoms with Crippen molar-refractivity contribution in [1.29, 1.82) is 0 Å². The topological polar surface area (TPSA) is 12.4 Å². The Bertz CT molecular complexity index is 264. The Morgan fingerprint density at radius 3 is 2.31 bits per heavy atom. The van der Waals surface area contributed by atoms with Crippen molar-refractivity contribution in [3.8, 4) is 0 Å². The van der Waals surface area contributed by atoms with Gasteiger partial charge in [0.15, 0.2) is 0 Å². The second-order valence-corrected chi connectivity index (χ2v) is 7.48. The SMILES string of the molecule is CC(C)(C)C1=NC2CCCCCCCC2S1. The zero-order valence-electron chi connectivity index (χ0n) is 11.0. The molecule has 0 N–H and O–H groups in total. The van der Waals surface area contributed by atoms with Crippen LogP contribution in [0.25, 0.3) is 0 Å². The van der Waals surface area contributed by atoms with Gasteiger partial charge in [-0.2, -0.15) is 0 Å². The van der Waals surface area contributed by atoms with Gasteiger partial charge in [0.05, 0.1) is 11.1 Å². The molecule has 1 nitrogen and oxygen atoms in total. The molecule has 0 aromatic heterocycles. The summed E-state index contributed by atoms with van der Waals surface area (Å²) < 4.78 is 0. The molecular weight excluding hydrogens is 214 g/mol. The first-order valence-electron chi connectivity index (χ1n) is 6.82. The summed E-state index contributed by atoms with van der Waals surface area (Å²) in [6, 6.07) is 0.636. The third kappa shape index (κ3) is 3.03. The van der Waals surface area contributed by atoms with E-state index in [0.717, 1.165) is 5.25 Å². The molecule has 1 aliphatic carbocycles. The van der Waals surface area contributed by atoms with E-state index in [4.69, 9.17) is 4.99 Å². The van der Waals surface area contributed by atoms with Crippen molar-refractivity contribution in [2.75, 3.05) is 0 Å². The summed E-state index contributed by atoms with van der Waals surface area (Å²) in [5.41, 5.74) is 0.266. The van der Waals surface area contributed by atoms with Crippen molar-refractivity contribution in [3.05, 3.63) is 0 Å². The van der Waals surface area contributed by atoms with Gasteiger partial charge in [0.25, 0.3) is 0 Å². The molecule has 0 amide bonds. The molecule has 1 aliphatic heterocycles. The average Bonchev–Trinajstić information content (AvgIpc) is 2.60. The normalized spacial score (nSPS) is 32.3. The van der Waals surface area contributed by atoms with Crippen LogP contribution in [0, 0.1) is 5.41 Å². The quantitative estimate of drug-likeness (QED) is 0.599. The van der Waals surface area contributed by atoms with Gasteiger partial charge in [0.2, 0.25) is 0 Å². The van der Waals surface area contributed by atoms with Crippen LogP contribution in [0.4, 0.5) is 0 Å². The summed E-state index contributed by atoms with van der Waals surface area (Å²) in [7, 11) is 0. The van der Waals surface area contributed by atoms with E-state index in [0.29, 0.717) is 6.04 Å². The minimum atomic E-state index is 0.266. The molecule has 0 radical (unpaired) electrons. The van der Waals surface area contributed by atoms with E-state index in [2.05, 4.69) is 32.5 Å². The highest BCUT2D eigenvalue weighted by molar-refractivity contribution is 8.14. The molecule has 2 unspecified atom stereocenters. The summed E-state index contributed by atoms with van der Waals surface area (Å²) in [5, 5.41) is 2.20. The largest absolute Gasteiger partial charge is 0.278 e. The fourth-order valence-corrected chi connectivity index (χ4v) is 4.06. The molecule has 2 heteroatoms. The van der Waals surface area contributed by atoms with E-state index in [1.54, 1.807) is 0 Å². The number of aliphatic imine (C=N–C) groups is 1. The van der Waals surface area contributed by atoms with Crippen LogP contribution in [0.1, 0.15) is 65.7 Å². The molecule has 0 aromatic rings. The van der Waals surface area contributed by atoms with E-state index >= 15 is 0 Å². The number of hydrogen-bond acceptors (Lipinski definition) is 2. The van der Waals surface area contributed by atoms with Gasteiger partial charge in [-0.05, 0) is 12.8 Å². The van der Waals surface area contributed by atoms with Crippen molar-refractivity contribution < 1.29 is 0 Å². The Morgan fingerprint density at radius 2 is 1.62 bits per heavy atom. The first-order valence-corrected chi connectivity index (χ1v) is 7.70. The van der Waals surface area contributed by atoms with Crippen molar-refractivity contribution in [1.82, 2.24) is 0 Å². The maximum Gasteiger partial charge on any atom is 0.0736 e. The zero-order valence-corrected chi connectivity index (χ0v) is 11.8. The number of fused-ring (bicyclic) bond motifs is 1. The summed E-state index contributed by atoms with van der Waals surface area (Å²) in [6.07, 6.45) is 9.84. The Kier molecular flexibility index (Phi) is 3.99. The smallest absolute Gasteiger partial charge is 0.0736 e. The number of thioether (sulfide) groups is 1. The van der Waals surface area contributed by atoms with Crippen LogP contribution in [0.3, 0.4) is 0 Å². The lowest BCUT2D eigenvalue weighted by Crippen LogP contribution is -2.17. The standard InChI is InChI=1S/C14H25NS/c1-14(2,3)13-15-11-9-7-5-4-6-8-10-12(11)16-13/h11-12H,4-10H2,1-3H3. The lowest BCUT2D eigenvalue weighted by molar-refractivity contribution is 0.546. The van der Waals surface area contributed by atoms with Gasteiger partial charge in [0, 0.05) is 10.7 Å². The first kappa shape index (κ1) is 12.5. The average molecular weight is 239 g/mol. The summed E-state index contributed by atoms with van der Waals surface area (Å²) in [5.74, 6) is 0. The van der Waals surface area contributed by atoms with Gasteiger partial charge in [-0.1, -0.05) is 52.9 Å². The third-order valence-corrected chi connectivity index (χ3v) is 5.40. The predicted molar refractivity (Wildman–Crippen MR) is 74.4 cm³/mol. The van der Waals surface area contributed by atoms with Gasteiger partial charge in [-0.25, -0.2) is 0 Å². The minimum absolute atomic E-state index is 0.266. The van der Waals surface area contributed by atoms with Crippen molar-refractivity contribution in [2.45, 2.75) is 77.0 Å². The summed E-state index contributed by atoms with van der Waals surface area (Å²) in [6.45, 7) is 6.89. The number of hydrogen-bond donors (Lipinski definition) is 0. The van der Waals surface area contributed by atoms with Crippen molar-refractivity contribution >= 4 is 16.8 Å². The molecule has 2 rings (SSSR count). The molecule has 16 heavy (non-hydrogen) atoms. The first-order chi connectivity index (χ1) is 7.57. The zero-order chi connectivity index (χ0) is 11.6. The highest BCUT2D eigenvalue weighted by Gasteiger charge is 2.34. The van der Waals surface area contributed by atoms with E-state index in [9.17, 15) is 0 Å². The molecule has 1 fully saturated rings. The molecule has 0 spiro atoms. The molecule has 0 bridgehead atoms. The highest BCUT2D eigenvalue weighted by Crippen LogP contribution is 2.40. The van der Waals surface area contributed by atoms with E-state index in [1.807, 2.05) is 0 Å². The molecule has 2 atom stereocenters. The van der Waals surface area contributed by atoms with Crippen LogP contribution in [0.15, 0.2) is 4.99 Å². The van der Waals surface area contributed by atoms with Crippen LogP contribution in [-0.2, 0) is 0 Å². The predicted octanol–water partition coefficient (Wildman–Crippen LogP) is 4.66. The lowest BCUT2D eigenvalue weighted by Gasteiger charge is -2.18. The molecule has 2 aliphatic rings. The van der Waals surface area contributed by atoms with Crippen molar-refractivity contribution in [3.63, 3.8) is 0 Å². The van der Waals surface area contributed by atoms with E-state index in [1.165, 1.54) is 50.0 Å². The maximum absolute atomic E-state index is 5.00. The maximum atomic E-state index is 5.00. The second kappa shape index (κ2) is 5.12. The fourth-order valence-electron chi connectivity index (χ4n) is 2.59. The van der Waals surface area contributed by atoms with Crippen LogP contribution in [-0.4, -0.2) is 16.3 Å². The van der Waals surface area contributed by atoms with Crippen LogP contribution >= 0.6 is 11.8 Å². The molecule has 0 saturated heterocycles. The van der Waals surface area contributed by atoms with Gasteiger partial charge in [-0.15, -0.1) is 11.8 Å². The Morgan fingerprint density at radius 1 is 1.00 bits per heavy atom. The molecule has 0 aromatic carbocycles. The summed E-state index contributed by atoms with van der Waals surface area (Å²) in [4.78, 5) is 5.00. The van der Waals surface area contributed by atoms with Crippen molar-refractivity contribution in [2.24, 2.45) is 10.4 Å². The Balaban J connectivity index is 2.03. The molecule has 92 valence electrons. The van der Waals surface area contributed by atoms with Crippen LogP contribution < -0.4 is 0 Å². The van der Waals surface area contributed by atoms with Gasteiger partial charge in [0.1, 0.15) is 0 Å². The van der Waals surface area contributed by atoms with E-state index < -0.39 is 0 Å². The monoisotopic (exact) mass is 239 g/mol.